The number of benzene rings is 1. The van der Waals surface area contributed by atoms with E-state index in [9.17, 15) is 9.59 Å². The van der Waals surface area contributed by atoms with Crippen LogP contribution < -0.4 is 0 Å². The number of nitrogens with zero attached hydrogens (tertiary/aromatic N) is 1. The molecule has 0 spiro atoms. The summed E-state index contributed by atoms with van der Waals surface area (Å²) >= 11 is 0. The smallest absolute Gasteiger partial charge is 0.308 e. The minimum absolute atomic E-state index is 0.0110. The first-order valence-electron chi connectivity index (χ1n) is 7.17. The molecule has 0 saturated carbocycles. The molecule has 0 aromatic heterocycles. The van der Waals surface area contributed by atoms with Gasteiger partial charge < -0.3 is 9.64 Å². The Hall–Kier alpha value is -2.10. The lowest BCUT2D eigenvalue weighted by molar-refractivity contribution is -0.146. The predicted octanol–water partition coefficient (Wildman–Crippen LogP) is 2.66. The maximum atomic E-state index is 12.6. The number of ether oxygens (including phenoxy) is 1. The number of methoxy groups -OCH3 is 1. The van der Waals surface area contributed by atoms with Crippen LogP contribution in [0.5, 0.6) is 0 Å². The summed E-state index contributed by atoms with van der Waals surface area (Å²) in [4.78, 5) is 26.0. The van der Waals surface area contributed by atoms with Gasteiger partial charge in [0.1, 0.15) is 0 Å². The lowest BCUT2D eigenvalue weighted by Crippen LogP contribution is -2.40. The van der Waals surface area contributed by atoms with Crippen LogP contribution in [0, 0.1) is 12.8 Å². The quantitative estimate of drug-likeness (QED) is 0.803. The number of rotatable bonds is 3. The highest BCUT2D eigenvalue weighted by Crippen LogP contribution is 2.23. The Morgan fingerprint density at radius 3 is 2.57 bits per heavy atom. The second-order valence-electron chi connectivity index (χ2n) is 5.33. The number of hydrogen-bond acceptors (Lipinski definition) is 3. The number of carbonyl (C=O) groups excluding carboxylic acids is 2. The second-order valence-corrected chi connectivity index (χ2v) is 5.33. The van der Waals surface area contributed by atoms with Crippen molar-refractivity contribution in [3.05, 3.63) is 41.5 Å². The summed E-state index contributed by atoms with van der Waals surface area (Å²) < 4.78 is 4.77. The highest BCUT2D eigenvalue weighted by molar-refractivity contribution is 5.98. The number of amides is 1. The van der Waals surface area contributed by atoms with Crippen molar-refractivity contribution >= 4 is 18.0 Å². The minimum atomic E-state index is -0.176. The fourth-order valence-corrected chi connectivity index (χ4v) is 2.79. The molecule has 21 heavy (non-hydrogen) atoms. The summed E-state index contributed by atoms with van der Waals surface area (Å²) in [6, 6.07) is 5.69. The van der Waals surface area contributed by atoms with Gasteiger partial charge in [-0.05, 0) is 37.0 Å². The van der Waals surface area contributed by atoms with Gasteiger partial charge >= 0.3 is 5.97 Å². The van der Waals surface area contributed by atoms with E-state index in [4.69, 9.17) is 4.74 Å². The van der Waals surface area contributed by atoms with E-state index in [-0.39, 0.29) is 17.8 Å². The summed E-state index contributed by atoms with van der Waals surface area (Å²) in [7, 11) is 1.41. The summed E-state index contributed by atoms with van der Waals surface area (Å²) in [6.45, 7) is 6.94. The molecule has 112 valence electrons. The first kappa shape index (κ1) is 15.3. The minimum Gasteiger partial charge on any atom is -0.469 e. The molecule has 1 amide bonds. The van der Waals surface area contributed by atoms with Crippen molar-refractivity contribution in [3.63, 3.8) is 0 Å². The van der Waals surface area contributed by atoms with Gasteiger partial charge in [-0.3, -0.25) is 9.59 Å². The molecule has 0 radical (unpaired) electrons. The van der Waals surface area contributed by atoms with E-state index in [1.54, 1.807) is 11.0 Å². The molecule has 4 heteroatoms. The van der Waals surface area contributed by atoms with Crippen molar-refractivity contribution in [1.82, 2.24) is 4.90 Å². The third-order valence-electron chi connectivity index (χ3n) is 4.08. The van der Waals surface area contributed by atoms with Crippen molar-refractivity contribution < 1.29 is 14.3 Å². The Balaban J connectivity index is 2.11. The van der Waals surface area contributed by atoms with Crippen LogP contribution in [0.25, 0.3) is 6.08 Å². The predicted molar refractivity (Wildman–Crippen MR) is 81.9 cm³/mol. The van der Waals surface area contributed by atoms with E-state index >= 15 is 0 Å². The number of piperidine rings is 1. The fraction of sp³-hybridized carbons (Fsp3) is 0.412. The maximum absolute atomic E-state index is 12.6. The Labute approximate surface area is 125 Å². The first-order chi connectivity index (χ1) is 10.1. The van der Waals surface area contributed by atoms with Crippen molar-refractivity contribution in [1.29, 1.82) is 0 Å². The van der Waals surface area contributed by atoms with Gasteiger partial charge in [-0.15, -0.1) is 0 Å². The van der Waals surface area contributed by atoms with Crippen molar-refractivity contribution in [2.24, 2.45) is 5.92 Å². The molecule has 0 atom stereocenters. The van der Waals surface area contributed by atoms with Crippen LogP contribution in [0.15, 0.2) is 24.8 Å². The number of aryl methyl sites for hydroxylation is 1. The van der Waals surface area contributed by atoms with Gasteiger partial charge in [0.25, 0.3) is 5.91 Å². The van der Waals surface area contributed by atoms with E-state index in [0.29, 0.717) is 31.5 Å². The number of esters is 1. The molecule has 1 aliphatic heterocycles. The molecule has 4 nitrogen and oxygen atoms in total. The van der Waals surface area contributed by atoms with Crippen LogP contribution in [0.4, 0.5) is 0 Å². The molecule has 1 aromatic carbocycles. The van der Waals surface area contributed by atoms with E-state index in [2.05, 4.69) is 6.58 Å². The van der Waals surface area contributed by atoms with Gasteiger partial charge in [0, 0.05) is 18.7 Å². The maximum Gasteiger partial charge on any atom is 0.308 e. The fourth-order valence-electron chi connectivity index (χ4n) is 2.79. The zero-order valence-corrected chi connectivity index (χ0v) is 12.6. The van der Waals surface area contributed by atoms with Crippen LogP contribution >= 0.6 is 0 Å². The van der Waals surface area contributed by atoms with Gasteiger partial charge in [-0.25, -0.2) is 0 Å². The summed E-state index contributed by atoms with van der Waals surface area (Å²) in [6.07, 6.45) is 3.05. The van der Waals surface area contributed by atoms with Crippen LogP contribution in [-0.4, -0.2) is 37.0 Å². The molecule has 1 fully saturated rings. The molecule has 0 N–H and O–H groups in total. The summed E-state index contributed by atoms with van der Waals surface area (Å²) in [5.74, 6) is -0.253. The lowest BCUT2D eigenvalue weighted by atomic mass is 9.95. The number of hydrogen-bond donors (Lipinski definition) is 0. The first-order valence-corrected chi connectivity index (χ1v) is 7.17. The van der Waals surface area contributed by atoms with Gasteiger partial charge in [0.2, 0.25) is 0 Å². The molecule has 0 bridgehead atoms. The average molecular weight is 287 g/mol. The topological polar surface area (TPSA) is 46.6 Å². The summed E-state index contributed by atoms with van der Waals surface area (Å²) in [5, 5.41) is 0. The van der Waals surface area contributed by atoms with Crippen molar-refractivity contribution in [2.45, 2.75) is 19.8 Å². The van der Waals surface area contributed by atoms with Gasteiger partial charge in [-0.1, -0.05) is 24.8 Å². The van der Waals surface area contributed by atoms with Crippen LogP contribution in [0.1, 0.15) is 34.3 Å². The summed E-state index contributed by atoms with van der Waals surface area (Å²) in [5.41, 5.74) is 2.61. The molecule has 1 aliphatic rings. The van der Waals surface area contributed by atoms with Crippen molar-refractivity contribution in [3.8, 4) is 0 Å². The van der Waals surface area contributed by atoms with Gasteiger partial charge in [-0.2, -0.15) is 0 Å². The molecule has 0 unspecified atom stereocenters. The molecule has 1 saturated heterocycles. The Morgan fingerprint density at radius 1 is 1.33 bits per heavy atom. The third kappa shape index (κ3) is 3.15. The highest BCUT2D eigenvalue weighted by atomic mass is 16.5. The normalized spacial score (nSPS) is 15.6. The van der Waals surface area contributed by atoms with Crippen LogP contribution in [-0.2, 0) is 9.53 Å². The highest BCUT2D eigenvalue weighted by Gasteiger charge is 2.28. The SMILES string of the molecule is C=Cc1c(C)cccc1C(=O)N1CCC(C(=O)OC)CC1. The zero-order valence-electron chi connectivity index (χ0n) is 12.6. The van der Waals surface area contributed by atoms with E-state index in [1.807, 2.05) is 25.1 Å². The Bertz CT molecular complexity index is 557. The molecule has 1 heterocycles. The second kappa shape index (κ2) is 6.57. The largest absolute Gasteiger partial charge is 0.469 e. The number of likely N-dealkylation sites (tertiary alicyclic amines) is 1. The molecular formula is C17H21NO3. The number of carbonyl (C=O) groups is 2. The Morgan fingerprint density at radius 2 is 2.00 bits per heavy atom. The molecule has 1 aromatic rings. The van der Waals surface area contributed by atoms with Gasteiger partial charge in [0.05, 0.1) is 13.0 Å². The van der Waals surface area contributed by atoms with Crippen molar-refractivity contribution in [2.75, 3.05) is 20.2 Å². The van der Waals surface area contributed by atoms with E-state index in [1.165, 1.54) is 7.11 Å². The lowest BCUT2D eigenvalue weighted by Gasteiger charge is -2.31. The molecule has 2 rings (SSSR count). The van der Waals surface area contributed by atoms with Gasteiger partial charge in [0.15, 0.2) is 0 Å². The van der Waals surface area contributed by atoms with Crippen LogP contribution in [0.2, 0.25) is 0 Å². The monoisotopic (exact) mass is 287 g/mol. The standard InChI is InChI=1S/C17H21NO3/c1-4-14-12(2)6-5-7-15(14)16(19)18-10-8-13(9-11-18)17(20)21-3/h4-7,13H,1,8-11H2,2-3H3. The average Bonchev–Trinajstić information content (AvgIpc) is 2.53. The Kier molecular flexibility index (Phi) is 4.78. The zero-order chi connectivity index (χ0) is 15.4. The van der Waals surface area contributed by atoms with E-state index in [0.717, 1.165) is 11.1 Å². The van der Waals surface area contributed by atoms with E-state index < -0.39 is 0 Å². The molecular weight excluding hydrogens is 266 g/mol. The third-order valence-corrected chi connectivity index (χ3v) is 4.08. The molecule has 0 aliphatic carbocycles. The van der Waals surface area contributed by atoms with Crippen LogP contribution in [0.3, 0.4) is 0 Å².